The molecule has 1 amide bonds. The average Bonchev–Trinajstić information content (AvgIpc) is 2.53. The van der Waals surface area contributed by atoms with Gasteiger partial charge in [0.1, 0.15) is 6.10 Å². The van der Waals surface area contributed by atoms with Crippen molar-refractivity contribution in [2.75, 3.05) is 13.1 Å². The van der Waals surface area contributed by atoms with Crippen LogP contribution in [-0.4, -0.2) is 47.2 Å². The number of para-hydroxylation sites is 2. The predicted octanol–water partition coefficient (Wildman–Crippen LogP) is 1.78. The van der Waals surface area contributed by atoms with Gasteiger partial charge in [0.05, 0.1) is 5.92 Å². The fraction of sp³-hybridized carbons (Fsp3) is 0.529. The van der Waals surface area contributed by atoms with E-state index in [2.05, 4.69) is 0 Å². The molecular formula is C17H21NO5. The monoisotopic (exact) mass is 319 g/mol. The van der Waals surface area contributed by atoms with E-state index in [-0.39, 0.29) is 23.8 Å². The molecule has 1 aromatic carbocycles. The molecule has 0 saturated carbocycles. The van der Waals surface area contributed by atoms with Gasteiger partial charge in [-0.25, -0.2) is 0 Å². The molecule has 0 aliphatic carbocycles. The summed E-state index contributed by atoms with van der Waals surface area (Å²) < 4.78 is 11.6. The first kappa shape index (κ1) is 15.6. The number of fused-ring (bicyclic) bond motifs is 1. The Bertz CT molecular complexity index is 617. The number of benzene rings is 1. The van der Waals surface area contributed by atoms with E-state index in [0.717, 1.165) is 0 Å². The number of likely N-dealkylation sites (tertiary alicyclic amines) is 1. The lowest BCUT2D eigenvalue weighted by molar-refractivity contribution is -0.153. The quantitative estimate of drug-likeness (QED) is 0.899. The van der Waals surface area contributed by atoms with Gasteiger partial charge in [-0.2, -0.15) is 0 Å². The Hall–Kier alpha value is -2.24. The Morgan fingerprint density at radius 3 is 2.43 bits per heavy atom. The van der Waals surface area contributed by atoms with Crippen molar-refractivity contribution < 1.29 is 24.2 Å². The Morgan fingerprint density at radius 1 is 1.17 bits per heavy atom. The molecule has 1 N–H and O–H groups in total. The largest absolute Gasteiger partial charge is 0.482 e. The number of hydrogen-bond acceptors (Lipinski definition) is 4. The summed E-state index contributed by atoms with van der Waals surface area (Å²) in [7, 11) is 0. The molecule has 0 bridgehead atoms. The molecule has 6 nitrogen and oxygen atoms in total. The number of nitrogens with zero attached hydrogens (tertiary/aromatic N) is 1. The summed E-state index contributed by atoms with van der Waals surface area (Å²) in [5.74, 6) is -0.177. The number of carboxylic acid groups (broad SMARTS) is 1. The highest BCUT2D eigenvalue weighted by molar-refractivity contribution is 5.83. The van der Waals surface area contributed by atoms with Crippen molar-refractivity contribution in [1.29, 1.82) is 0 Å². The standard InChI is InChI=1S/C17H21NO5/c1-10-9-18(8-7-12(10)17(20)21)16(19)15-11(2)22-13-5-3-4-6-14(13)23-15/h3-6,10-12,15H,7-9H2,1-2H3,(H,20,21). The van der Waals surface area contributed by atoms with Crippen LogP contribution in [0.2, 0.25) is 0 Å². The first-order valence-electron chi connectivity index (χ1n) is 7.91. The van der Waals surface area contributed by atoms with E-state index in [1.165, 1.54) is 0 Å². The summed E-state index contributed by atoms with van der Waals surface area (Å²) in [5, 5.41) is 9.19. The number of carbonyl (C=O) groups excluding carboxylic acids is 1. The molecule has 2 aliphatic rings. The minimum Gasteiger partial charge on any atom is -0.482 e. The number of carboxylic acids is 1. The zero-order chi connectivity index (χ0) is 16.6. The molecular weight excluding hydrogens is 298 g/mol. The van der Waals surface area contributed by atoms with Crippen molar-refractivity contribution in [3.05, 3.63) is 24.3 Å². The average molecular weight is 319 g/mol. The van der Waals surface area contributed by atoms with Crippen LogP contribution in [0.5, 0.6) is 11.5 Å². The SMILES string of the molecule is CC1CN(C(=O)C2Oc3ccccc3OC2C)CCC1C(=O)O. The van der Waals surface area contributed by atoms with Crippen molar-refractivity contribution in [2.45, 2.75) is 32.5 Å². The van der Waals surface area contributed by atoms with Crippen molar-refractivity contribution in [2.24, 2.45) is 11.8 Å². The lowest BCUT2D eigenvalue weighted by atomic mass is 9.86. The van der Waals surface area contributed by atoms with Crippen molar-refractivity contribution in [3.8, 4) is 11.5 Å². The first-order valence-corrected chi connectivity index (χ1v) is 7.91. The Kier molecular flexibility index (Phi) is 4.15. The molecule has 4 unspecified atom stereocenters. The fourth-order valence-corrected chi connectivity index (χ4v) is 3.28. The van der Waals surface area contributed by atoms with E-state index in [9.17, 15) is 14.7 Å². The number of aliphatic carboxylic acids is 1. The summed E-state index contributed by atoms with van der Waals surface area (Å²) in [6.45, 7) is 4.56. The number of hydrogen-bond donors (Lipinski definition) is 1. The van der Waals surface area contributed by atoms with Crippen molar-refractivity contribution in [1.82, 2.24) is 4.90 Å². The van der Waals surface area contributed by atoms with Crippen LogP contribution in [0, 0.1) is 11.8 Å². The maximum absolute atomic E-state index is 12.8. The smallest absolute Gasteiger partial charge is 0.306 e. The van der Waals surface area contributed by atoms with Gasteiger partial charge < -0.3 is 19.5 Å². The molecule has 2 heterocycles. The summed E-state index contributed by atoms with van der Waals surface area (Å²) in [6, 6.07) is 7.28. The van der Waals surface area contributed by atoms with Gasteiger partial charge in [-0.3, -0.25) is 9.59 Å². The minimum atomic E-state index is -0.788. The van der Waals surface area contributed by atoms with E-state index in [1.54, 1.807) is 11.0 Å². The molecule has 124 valence electrons. The van der Waals surface area contributed by atoms with Gasteiger partial charge in [0.25, 0.3) is 5.91 Å². The molecule has 0 radical (unpaired) electrons. The number of amides is 1. The summed E-state index contributed by atoms with van der Waals surface area (Å²) >= 11 is 0. The van der Waals surface area contributed by atoms with Crippen LogP contribution in [0.3, 0.4) is 0 Å². The number of piperidine rings is 1. The molecule has 2 aliphatic heterocycles. The number of carbonyl (C=O) groups is 2. The highest BCUT2D eigenvalue weighted by atomic mass is 16.6. The second kappa shape index (κ2) is 6.10. The van der Waals surface area contributed by atoms with Crippen LogP contribution in [0.25, 0.3) is 0 Å². The third-order valence-electron chi connectivity index (χ3n) is 4.62. The topological polar surface area (TPSA) is 76.1 Å². The highest BCUT2D eigenvalue weighted by Crippen LogP contribution is 2.34. The third kappa shape index (κ3) is 2.98. The van der Waals surface area contributed by atoms with Crippen LogP contribution in [-0.2, 0) is 9.59 Å². The van der Waals surface area contributed by atoms with Gasteiger partial charge >= 0.3 is 5.97 Å². The van der Waals surface area contributed by atoms with Crippen LogP contribution < -0.4 is 9.47 Å². The molecule has 1 aromatic rings. The Morgan fingerprint density at radius 2 is 1.83 bits per heavy atom. The summed E-state index contributed by atoms with van der Waals surface area (Å²) in [6.07, 6.45) is -0.607. The zero-order valence-electron chi connectivity index (χ0n) is 13.3. The molecule has 0 spiro atoms. The molecule has 6 heteroatoms. The van der Waals surface area contributed by atoms with Gasteiger partial charge in [0, 0.05) is 13.1 Å². The Balaban J connectivity index is 1.70. The molecule has 23 heavy (non-hydrogen) atoms. The number of rotatable bonds is 2. The molecule has 4 atom stereocenters. The summed E-state index contributed by atoms with van der Waals surface area (Å²) in [5.41, 5.74) is 0. The van der Waals surface area contributed by atoms with Crippen molar-refractivity contribution in [3.63, 3.8) is 0 Å². The van der Waals surface area contributed by atoms with Crippen molar-refractivity contribution >= 4 is 11.9 Å². The fourth-order valence-electron chi connectivity index (χ4n) is 3.28. The van der Waals surface area contributed by atoms with Gasteiger partial charge in [-0.1, -0.05) is 19.1 Å². The normalized spacial score (nSPS) is 29.9. The Labute approximate surface area is 135 Å². The molecule has 1 fully saturated rings. The van der Waals surface area contributed by atoms with E-state index in [1.807, 2.05) is 32.0 Å². The maximum atomic E-state index is 12.8. The van der Waals surface area contributed by atoms with E-state index >= 15 is 0 Å². The van der Waals surface area contributed by atoms with Crippen LogP contribution in [0.1, 0.15) is 20.3 Å². The van der Waals surface area contributed by atoms with E-state index in [0.29, 0.717) is 31.0 Å². The maximum Gasteiger partial charge on any atom is 0.306 e. The lowest BCUT2D eigenvalue weighted by Gasteiger charge is -2.39. The predicted molar refractivity (Wildman–Crippen MR) is 82.4 cm³/mol. The van der Waals surface area contributed by atoms with Gasteiger partial charge in [-0.15, -0.1) is 0 Å². The van der Waals surface area contributed by atoms with Crippen LogP contribution in [0.4, 0.5) is 0 Å². The van der Waals surface area contributed by atoms with Crippen LogP contribution >= 0.6 is 0 Å². The second-order valence-electron chi connectivity index (χ2n) is 6.30. The van der Waals surface area contributed by atoms with Gasteiger partial charge in [0.15, 0.2) is 11.5 Å². The van der Waals surface area contributed by atoms with E-state index < -0.39 is 12.1 Å². The summed E-state index contributed by atoms with van der Waals surface area (Å²) in [4.78, 5) is 25.7. The zero-order valence-corrected chi connectivity index (χ0v) is 13.3. The lowest BCUT2D eigenvalue weighted by Crippen LogP contribution is -2.54. The second-order valence-corrected chi connectivity index (χ2v) is 6.30. The highest BCUT2D eigenvalue weighted by Gasteiger charge is 2.40. The molecule has 0 aromatic heterocycles. The molecule has 1 saturated heterocycles. The first-order chi connectivity index (χ1) is 11.0. The minimum absolute atomic E-state index is 0.0719. The number of ether oxygens (including phenoxy) is 2. The van der Waals surface area contributed by atoms with Gasteiger partial charge in [0.2, 0.25) is 6.10 Å². The third-order valence-corrected chi connectivity index (χ3v) is 4.62. The van der Waals surface area contributed by atoms with Crippen LogP contribution in [0.15, 0.2) is 24.3 Å². The van der Waals surface area contributed by atoms with E-state index in [4.69, 9.17) is 9.47 Å². The molecule has 3 rings (SSSR count). The van der Waals surface area contributed by atoms with Gasteiger partial charge in [-0.05, 0) is 31.4 Å².